The molecule has 0 fully saturated rings. The van der Waals surface area contributed by atoms with Crippen molar-refractivity contribution in [3.63, 3.8) is 0 Å². The number of hydrogen-bond donors (Lipinski definition) is 1. The lowest BCUT2D eigenvalue weighted by Crippen LogP contribution is -2.07. The number of carbonyl (C=O) groups is 1. The number of carboxylic acid groups (broad SMARTS) is 1. The highest BCUT2D eigenvalue weighted by molar-refractivity contribution is 5.67. The molecule has 2 heteroatoms. The zero-order valence-corrected chi connectivity index (χ0v) is 8.99. The molecule has 15 heavy (non-hydrogen) atoms. The van der Waals surface area contributed by atoms with Crippen LogP contribution in [0.15, 0.2) is 18.2 Å². The van der Waals surface area contributed by atoms with Crippen LogP contribution < -0.4 is 0 Å². The average molecular weight is 204 g/mol. The molecule has 0 heterocycles. The van der Waals surface area contributed by atoms with Crippen LogP contribution in [0.3, 0.4) is 0 Å². The fourth-order valence-corrected chi connectivity index (χ4v) is 2.54. The van der Waals surface area contributed by atoms with Crippen LogP contribution in [-0.2, 0) is 24.1 Å². The van der Waals surface area contributed by atoms with Crippen molar-refractivity contribution in [1.29, 1.82) is 0 Å². The molecule has 1 N–H and O–H groups in total. The molecule has 0 aromatic heterocycles. The maximum Gasteiger partial charge on any atom is 0.303 e. The van der Waals surface area contributed by atoms with E-state index in [0.29, 0.717) is 12.3 Å². The van der Waals surface area contributed by atoms with Crippen molar-refractivity contribution in [2.24, 2.45) is 5.92 Å². The van der Waals surface area contributed by atoms with E-state index in [-0.39, 0.29) is 0 Å². The standard InChI is InChI=1S/C13H16O2/c1-2-10-4-3-5-11-6-9(7-12(10)11)8-13(14)15/h3-5,9H,2,6-8H2,1H3,(H,14,15). The SMILES string of the molecule is CCc1cccc2c1CC(CC(=O)O)C2. The van der Waals surface area contributed by atoms with Crippen LogP contribution in [0.1, 0.15) is 30.0 Å². The Morgan fingerprint density at radius 2 is 2.27 bits per heavy atom. The summed E-state index contributed by atoms with van der Waals surface area (Å²) in [6, 6.07) is 6.37. The van der Waals surface area contributed by atoms with Gasteiger partial charge in [0.05, 0.1) is 0 Å². The number of aliphatic carboxylic acids is 1. The van der Waals surface area contributed by atoms with Gasteiger partial charge in [-0.2, -0.15) is 0 Å². The fraction of sp³-hybridized carbons (Fsp3) is 0.462. The minimum absolute atomic E-state index is 0.303. The van der Waals surface area contributed by atoms with Gasteiger partial charge in [0, 0.05) is 6.42 Å². The van der Waals surface area contributed by atoms with Crippen molar-refractivity contribution in [2.75, 3.05) is 0 Å². The van der Waals surface area contributed by atoms with Crippen LogP contribution in [0.5, 0.6) is 0 Å². The van der Waals surface area contributed by atoms with Crippen LogP contribution in [0.4, 0.5) is 0 Å². The van der Waals surface area contributed by atoms with E-state index in [9.17, 15) is 4.79 Å². The van der Waals surface area contributed by atoms with E-state index in [0.717, 1.165) is 19.3 Å². The minimum Gasteiger partial charge on any atom is -0.481 e. The summed E-state index contributed by atoms with van der Waals surface area (Å²) >= 11 is 0. The Kier molecular flexibility index (Phi) is 2.76. The molecule has 2 nitrogen and oxygen atoms in total. The van der Waals surface area contributed by atoms with Crippen molar-refractivity contribution in [1.82, 2.24) is 0 Å². The molecule has 0 bridgehead atoms. The summed E-state index contributed by atoms with van der Waals surface area (Å²) < 4.78 is 0. The predicted molar refractivity (Wildman–Crippen MR) is 59.0 cm³/mol. The maximum atomic E-state index is 10.7. The summed E-state index contributed by atoms with van der Waals surface area (Å²) in [5.41, 5.74) is 4.16. The lowest BCUT2D eigenvalue weighted by atomic mass is 10.00. The number of rotatable bonds is 3. The lowest BCUT2D eigenvalue weighted by Gasteiger charge is -2.05. The van der Waals surface area contributed by atoms with E-state index in [2.05, 4.69) is 25.1 Å². The largest absolute Gasteiger partial charge is 0.481 e. The second-order valence-corrected chi connectivity index (χ2v) is 4.28. The molecule has 0 spiro atoms. The molecule has 1 aromatic carbocycles. The smallest absolute Gasteiger partial charge is 0.303 e. The molecule has 1 aromatic rings. The Labute approximate surface area is 89.9 Å². The normalized spacial score (nSPS) is 18.9. The van der Waals surface area contributed by atoms with Crippen molar-refractivity contribution in [2.45, 2.75) is 32.6 Å². The van der Waals surface area contributed by atoms with E-state index in [1.165, 1.54) is 16.7 Å². The van der Waals surface area contributed by atoms with Gasteiger partial charge in [-0.25, -0.2) is 0 Å². The van der Waals surface area contributed by atoms with E-state index >= 15 is 0 Å². The fourth-order valence-electron chi connectivity index (χ4n) is 2.54. The van der Waals surface area contributed by atoms with E-state index in [1.807, 2.05) is 0 Å². The summed E-state index contributed by atoms with van der Waals surface area (Å²) in [7, 11) is 0. The van der Waals surface area contributed by atoms with Gasteiger partial charge in [0.1, 0.15) is 0 Å². The first-order valence-electron chi connectivity index (χ1n) is 5.52. The third-order valence-electron chi connectivity index (χ3n) is 3.22. The van der Waals surface area contributed by atoms with Crippen molar-refractivity contribution in [3.8, 4) is 0 Å². The molecule has 2 rings (SSSR count). The maximum absolute atomic E-state index is 10.7. The lowest BCUT2D eigenvalue weighted by molar-refractivity contribution is -0.138. The summed E-state index contributed by atoms with van der Waals surface area (Å²) in [5, 5.41) is 8.78. The molecule has 80 valence electrons. The molecule has 1 unspecified atom stereocenters. The third kappa shape index (κ3) is 2.04. The highest BCUT2D eigenvalue weighted by Crippen LogP contribution is 2.31. The highest BCUT2D eigenvalue weighted by Gasteiger charge is 2.24. The Balaban J connectivity index is 2.19. The first-order chi connectivity index (χ1) is 7.20. The van der Waals surface area contributed by atoms with Crippen LogP contribution in [0.25, 0.3) is 0 Å². The molecule has 1 aliphatic carbocycles. The molecule has 1 atom stereocenters. The van der Waals surface area contributed by atoms with E-state index in [1.54, 1.807) is 0 Å². The molecular weight excluding hydrogens is 188 g/mol. The number of fused-ring (bicyclic) bond motifs is 1. The van der Waals surface area contributed by atoms with Crippen molar-refractivity contribution >= 4 is 5.97 Å². The van der Waals surface area contributed by atoms with E-state index in [4.69, 9.17) is 5.11 Å². The number of hydrogen-bond acceptors (Lipinski definition) is 1. The Morgan fingerprint density at radius 1 is 1.47 bits per heavy atom. The summed E-state index contributed by atoms with van der Waals surface area (Å²) in [6.07, 6.45) is 3.24. The van der Waals surface area contributed by atoms with Gasteiger partial charge >= 0.3 is 5.97 Å². The average Bonchev–Trinajstić information content (AvgIpc) is 2.58. The van der Waals surface area contributed by atoms with Gasteiger partial charge in [-0.05, 0) is 41.9 Å². The van der Waals surface area contributed by atoms with Gasteiger partial charge in [-0.3, -0.25) is 4.79 Å². The van der Waals surface area contributed by atoms with Gasteiger partial charge in [-0.1, -0.05) is 25.1 Å². The van der Waals surface area contributed by atoms with Gasteiger partial charge in [0.2, 0.25) is 0 Å². The van der Waals surface area contributed by atoms with Gasteiger partial charge in [-0.15, -0.1) is 0 Å². The molecular formula is C13H16O2. The van der Waals surface area contributed by atoms with Crippen LogP contribution >= 0.6 is 0 Å². The van der Waals surface area contributed by atoms with Crippen molar-refractivity contribution < 1.29 is 9.90 Å². The second-order valence-electron chi connectivity index (χ2n) is 4.28. The van der Waals surface area contributed by atoms with Crippen LogP contribution in [0.2, 0.25) is 0 Å². The Hall–Kier alpha value is -1.31. The molecule has 0 saturated heterocycles. The third-order valence-corrected chi connectivity index (χ3v) is 3.22. The van der Waals surface area contributed by atoms with Crippen LogP contribution in [-0.4, -0.2) is 11.1 Å². The predicted octanol–water partition coefficient (Wildman–Crippen LogP) is 2.44. The molecule has 0 amide bonds. The summed E-state index contributed by atoms with van der Waals surface area (Å²) in [6.45, 7) is 2.15. The zero-order valence-electron chi connectivity index (χ0n) is 8.99. The zero-order chi connectivity index (χ0) is 10.8. The van der Waals surface area contributed by atoms with Gasteiger partial charge in [0.25, 0.3) is 0 Å². The quantitative estimate of drug-likeness (QED) is 0.821. The van der Waals surface area contributed by atoms with Gasteiger partial charge < -0.3 is 5.11 Å². The number of aryl methyl sites for hydroxylation is 1. The Morgan fingerprint density at radius 3 is 2.93 bits per heavy atom. The molecule has 0 saturated carbocycles. The molecule has 0 radical (unpaired) electrons. The first-order valence-corrected chi connectivity index (χ1v) is 5.52. The van der Waals surface area contributed by atoms with Crippen LogP contribution in [0, 0.1) is 5.92 Å². The second kappa shape index (κ2) is 4.05. The topological polar surface area (TPSA) is 37.3 Å². The molecule has 0 aliphatic heterocycles. The summed E-state index contributed by atoms with van der Waals surface area (Å²) in [4.78, 5) is 10.7. The van der Waals surface area contributed by atoms with E-state index < -0.39 is 5.97 Å². The number of carboxylic acids is 1. The minimum atomic E-state index is -0.675. The molecule has 1 aliphatic rings. The van der Waals surface area contributed by atoms with Crippen molar-refractivity contribution in [3.05, 3.63) is 34.9 Å². The number of benzene rings is 1. The summed E-state index contributed by atoms with van der Waals surface area (Å²) in [5.74, 6) is -0.365. The Bertz CT molecular complexity index is 382. The highest BCUT2D eigenvalue weighted by atomic mass is 16.4. The van der Waals surface area contributed by atoms with Gasteiger partial charge in [0.15, 0.2) is 0 Å². The first kappa shape index (κ1) is 10.2. The monoisotopic (exact) mass is 204 g/mol.